The Balaban J connectivity index is 1.66. The molecule has 3 aromatic rings. The minimum absolute atomic E-state index is 0.402. The van der Waals surface area contributed by atoms with Crippen LogP contribution in [0.3, 0.4) is 0 Å². The zero-order valence-corrected chi connectivity index (χ0v) is 18.0. The summed E-state index contributed by atoms with van der Waals surface area (Å²) in [4.78, 5) is 12.4. The Bertz CT molecular complexity index is 1050. The number of anilines is 1. The topological polar surface area (TPSA) is 38.3 Å². The number of amides is 1. The van der Waals surface area contributed by atoms with Crippen LogP contribution in [0.25, 0.3) is 11.1 Å². The molecule has 0 radical (unpaired) electrons. The van der Waals surface area contributed by atoms with E-state index in [9.17, 15) is 4.79 Å². The molecule has 1 amide bonds. The molecule has 4 bridgehead atoms. The zero-order valence-electron chi connectivity index (χ0n) is 18.0. The Labute approximate surface area is 179 Å². The Kier molecular flexibility index (Phi) is 5.63. The van der Waals surface area contributed by atoms with Crippen molar-refractivity contribution in [3.05, 3.63) is 89.0 Å². The van der Waals surface area contributed by atoms with Crippen LogP contribution in [0.2, 0.25) is 0 Å². The lowest BCUT2D eigenvalue weighted by atomic mass is 9.90. The molecule has 0 spiro atoms. The molecular weight excluding hydrogens is 370 g/mol. The maximum atomic E-state index is 12.4. The highest BCUT2D eigenvalue weighted by molar-refractivity contribution is 5.86. The first kappa shape index (κ1) is 20.2. The predicted octanol–water partition coefficient (Wildman–Crippen LogP) is 6.58. The summed E-state index contributed by atoms with van der Waals surface area (Å²) in [6.07, 6.45) is 3.25. The lowest BCUT2D eigenvalue weighted by Crippen LogP contribution is -2.27. The highest BCUT2D eigenvalue weighted by Crippen LogP contribution is 2.29. The summed E-state index contributed by atoms with van der Waals surface area (Å²) in [6, 6.07) is 23.9. The van der Waals surface area contributed by atoms with Gasteiger partial charge >= 0.3 is 6.09 Å². The van der Waals surface area contributed by atoms with Gasteiger partial charge in [0.15, 0.2) is 0 Å². The van der Waals surface area contributed by atoms with Crippen molar-refractivity contribution in [2.45, 2.75) is 52.1 Å². The van der Waals surface area contributed by atoms with Gasteiger partial charge in [0, 0.05) is 5.69 Å². The number of carbonyl (C=O) groups excluding carboxylic acids is 1. The first-order valence-corrected chi connectivity index (χ1v) is 10.7. The van der Waals surface area contributed by atoms with Gasteiger partial charge < -0.3 is 4.74 Å². The molecule has 3 heteroatoms. The SMILES string of the molecule is CC(C)(C)OC(=O)Nc1cc2ccc1CCc1ccc(cc1-c1ccccc1)CC2. The van der Waals surface area contributed by atoms with Crippen molar-refractivity contribution in [3.63, 3.8) is 0 Å². The van der Waals surface area contributed by atoms with Crippen molar-refractivity contribution in [1.82, 2.24) is 0 Å². The first-order chi connectivity index (χ1) is 14.4. The highest BCUT2D eigenvalue weighted by Gasteiger charge is 2.18. The number of ether oxygens (including phenoxy) is 1. The number of rotatable bonds is 2. The third-order valence-corrected chi connectivity index (χ3v) is 5.43. The largest absolute Gasteiger partial charge is 0.444 e. The van der Waals surface area contributed by atoms with Gasteiger partial charge in [0.2, 0.25) is 0 Å². The number of carbonyl (C=O) groups is 1. The molecule has 0 heterocycles. The summed E-state index contributed by atoms with van der Waals surface area (Å²) in [5.41, 5.74) is 7.93. The summed E-state index contributed by atoms with van der Waals surface area (Å²) in [5.74, 6) is 0. The Morgan fingerprint density at radius 3 is 2.13 bits per heavy atom. The molecule has 0 saturated carbocycles. The van der Waals surface area contributed by atoms with Crippen LogP contribution in [0.5, 0.6) is 0 Å². The van der Waals surface area contributed by atoms with Crippen molar-refractivity contribution >= 4 is 11.8 Å². The second kappa shape index (κ2) is 8.35. The molecule has 0 unspecified atom stereocenters. The summed E-state index contributed by atoms with van der Waals surface area (Å²) >= 11 is 0. The molecule has 0 aromatic heterocycles. The van der Waals surface area contributed by atoms with E-state index in [0.717, 1.165) is 36.9 Å². The van der Waals surface area contributed by atoms with Gasteiger partial charge in [0.25, 0.3) is 0 Å². The van der Waals surface area contributed by atoms with Crippen LogP contribution in [0.1, 0.15) is 43.0 Å². The molecule has 4 aliphatic carbocycles. The maximum absolute atomic E-state index is 12.4. The van der Waals surface area contributed by atoms with E-state index in [4.69, 9.17) is 4.74 Å². The highest BCUT2D eigenvalue weighted by atomic mass is 16.6. The summed E-state index contributed by atoms with van der Waals surface area (Å²) in [7, 11) is 0. The van der Waals surface area contributed by atoms with Gasteiger partial charge in [-0.15, -0.1) is 0 Å². The minimum Gasteiger partial charge on any atom is -0.444 e. The fourth-order valence-electron chi connectivity index (χ4n) is 3.97. The molecule has 30 heavy (non-hydrogen) atoms. The van der Waals surface area contributed by atoms with E-state index in [1.54, 1.807) is 0 Å². The van der Waals surface area contributed by atoms with Crippen molar-refractivity contribution in [1.29, 1.82) is 0 Å². The molecule has 7 rings (SSSR count). The number of nitrogens with one attached hydrogen (secondary N) is 1. The molecule has 4 aliphatic rings. The van der Waals surface area contributed by atoms with E-state index in [2.05, 4.69) is 72.0 Å². The summed E-state index contributed by atoms with van der Waals surface area (Å²) < 4.78 is 5.48. The van der Waals surface area contributed by atoms with Crippen molar-refractivity contribution in [2.24, 2.45) is 0 Å². The third kappa shape index (κ3) is 4.91. The number of aryl methyl sites for hydroxylation is 4. The van der Waals surface area contributed by atoms with Gasteiger partial charge in [-0.25, -0.2) is 4.79 Å². The standard InChI is InChI=1S/C27H29NO2/c1-27(2,3)30-26(29)28-25-18-20-10-9-19-11-13-22(15-16-23(25)14-12-20)24(17-19)21-7-5-4-6-8-21/h4-8,11-14,17-18H,9-10,15-16H2,1-3H3,(H,28,29). The fourth-order valence-corrected chi connectivity index (χ4v) is 3.97. The van der Waals surface area contributed by atoms with E-state index in [0.29, 0.717) is 0 Å². The zero-order chi connectivity index (χ0) is 21.1. The molecular formula is C27H29NO2. The minimum atomic E-state index is -0.519. The second-order valence-corrected chi connectivity index (χ2v) is 8.98. The van der Waals surface area contributed by atoms with Crippen LogP contribution < -0.4 is 5.32 Å². The average Bonchev–Trinajstić information content (AvgIpc) is 2.69. The van der Waals surface area contributed by atoms with E-state index >= 15 is 0 Å². The maximum Gasteiger partial charge on any atom is 0.412 e. The number of hydrogen-bond acceptors (Lipinski definition) is 2. The predicted molar refractivity (Wildman–Crippen MR) is 123 cm³/mol. The fraction of sp³-hybridized carbons (Fsp3) is 0.296. The Hall–Kier alpha value is -3.07. The molecule has 0 fully saturated rings. The van der Waals surface area contributed by atoms with Crippen LogP contribution >= 0.6 is 0 Å². The Morgan fingerprint density at radius 2 is 1.43 bits per heavy atom. The van der Waals surface area contributed by atoms with E-state index in [-0.39, 0.29) is 0 Å². The van der Waals surface area contributed by atoms with Gasteiger partial charge in [-0.3, -0.25) is 5.32 Å². The van der Waals surface area contributed by atoms with Gasteiger partial charge in [-0.1, -0.05) is 60.7 Å². The molecule has 154 valence electrons. The monoisotopic (exact) mass is 399 g/mol. The molecule has 0 saturated heterocycles. The third-order valence-electron chi connectivity index (χ3n) is 5.43. The molecule has 3 nitrogen and oxygen atoms in total. The molecule has 1 N–H and O–H groups in total. The van der Waals surface area contributed by atoms with Crippen molar-refractivity contribution < 1.29 is 9.53 Å². The van der Waals surface area contributed by atoms with E-state index in [1.165, 1.54) is 27.8 Å². The normalized spacial score (nSPS) is 13.4. The van der Waals surface area contributed by atoms with Crippen molar-refractivity contribution in [3.8, 4) is 11.1 Å². The van der Waals surface area contributed by atoms with Gasteiger partial charge in [0.1, 0.15) is 5.60 Å². The van der Waals surface area contributed by atoms with Gasteiger partial charge in [0.05, 0.1) is 0 Å². The van der Waals surface area contributed by atoms with Gasteiger partial charge in [-0.2, -0.15) is 0 Å². The van der Waals surface area contributed by atoms with Crippen LogP contribution in [0.15, 0.2) is 66.7 Å². The van der Waals surface area contributed by atoms with E-state index < -0.39 is 11.7 Å². The lowest BCUT2D eigenvalue weighted by molar-refractivity contribution is 0.0636. The van der Waals surface area contributed by atoms with E-state index in [1.807, 2.05) is 20.8 Å². The molecule has 0 atom stereocenters. The molecule has 3 aromatic carbocycles. The smallest absolute Gasteiger partial charge is 0.412 e. The molecule has 0 aliphatic heterocycles. The van der Waals surface area contributed by atoms with Crippen LogP contribution in [-0.2, 0) is 30.4 Å². The first-order valence-electron chi connectivity index (χ1n) is 10.7. The average molecular weight is 400 g/mol. The summed E-state index contributed by atoms with van der Waals surface area (Å²) in [6.45, 7) is 5.64. The number of benzene rings is 3. The number of hydrogen-bond donors (Lipinski definition) is 1. The second-order valence-electron chi connectivity index (χ2n) is 8.98. The Morgan fingerprint density at radius 1 is 0.800 bits per heavy atom. The lowest BCUT2D eigenvalue weighted by Gasteiger charge is -2.21. The summed E-state index contributed by atoms with van der Waals surface area (Å²) in [5, 5.41) is 2.99. The van der Waals surface area contributed by atoms with Crippen LogP contribution in [0.4, 0.5) is 10.5 Å². The van der Waals surface area contributed by atoms with Crippen LogP contribution in [0, 0.1) is 0 Å². The van der Waals surface area contributed by atoms with Crippen LogP contribution in [-0.4, -0.2) is 11.7 Å². The quantitative estimate of drug-likeness (QED) is 0.528. The van der Waals surface area contributed by atoms with Gasteiger partial charge in [-0.05, 0) is 85.9 Å². The van der Waals surface area contributed by atoms with Crippen molar-refractivity contribution in [2.75, 3.05) is 5.32 Å².